The fourth-order valence-corrected chi connectivity index (χ4v) is 4.26. The molecule has 0 aliphatic carbocycles. The lowest BCUT2D eigenvalue weighted by Crippen LogP contribution is -2.17. The van der Waals surface area contributed by atoms with Crippen LogP contribution in [-0.4, -0.2) is 59.3 Å². The first-order chi connectivity index (χ1) is 18.9. The van der Waals surface area contributed by atoms with Crippen LogP contribution in [0.5, 0.6) is 11.5 Å². The monoisotopic (exact) mass is 544 g/mol. The Morgan fingerprint density at radius 1 is 0.821 bits per heavy atom. The maximum atomic E-state index is 9.53. The van der Waals surface area contributed by atoms with Gasteiger partial charge < -0.3 is 30.7 Å². The third kappa shape index (κ3) is 6.12. The number of phenolic OH excluding ortho intramolecular Hbond substituents is 1. The number of aromatic hydroxyl groups is 1. The van der Waals surface area contributed by atoms with Gasteiger partial charge in [0.15, 0.2) is 0 Å². The van der Waals surface area contributed by atoms with Crippen molar-refractivity contribution in [2.24, 2.45) is 0 Å². The van der Waals surface area contributed by atoms with Crippen molar-refractivity contribution < 1.29 is 9.84 Å². The second-order valence-electron chi connectivity index (χ2n) is 9.09. The van der Waals surface area contributed by atoms with Crippen LogP contribution in [0.1, 0.15) is 6.42 Å². The van der Waals surface area contributed by atoms with Crippen molar-refractivity contribution in [1.82, 2.24) is 19.9 Å². The number of anilines is 5. The summed E-state index contributed by atoms with van der Waals surface area (Å²) in [7, 11) is 5.40. The molecule has 0 fully saturated rings. The van der Waals surface area contributed by atoms with E-state index in [4.69, 9.17) is 21.3 Å². The van der Waals surface area contributed by atoms with Gasteiger partial charge in [0.2, 0.25) is 17.8 Å². The third-order valence-electron chi connectivity index (χ3n) is 6.03. The highest BCUT2D eigenvalue weighted by Gasteiger charge is 2.12. The van der Waals surface area contributed by atoms with E-state index in [2.05, 4.69) is 30.9 Å². The van der Waals surface area contributed by atoms with Gasteiger partial charge >= 0.3 is 0 Å². The van der Waals surface area contributed by atoms with Crippen LogP contribution in [0, 0.1) is 0 Å². The number of nitrogens with one attached hydrogen (secondary N) is 3. The molecule has 2 aromatic heterocycles. The number of rotatable bonds is 10. The highest BCUT2D eigenvalue weighted by Crippen LogP contribution is 2.34. The van der Waals surface area contributed by atoms with Gasteiger partial charge in [0.05, 0.1) is 23.8 Å². The number of phenols is 1. The summed E-state index contributed by atoms with van der Waals surface area (Å²) in [6.07, 6.45) is 0.798. The van der Waals surface area contributed by atoms with Crippen molar-refractivity contribution in [1.29, 1.82) is 0 Å². The number of ether oxygens (including phenoxy) is 1. The molecule has 0 atom stereocenters. The van der Waals surface area contributed by atoms with Crippen molar-refractivity contribution in [3.05, 3.63) is 65.7 Å². The van der Waals surface area contributed by atoms with Crippen LogP contribution in [0.4, 0.5) is 29.2 Å². The Hall–Kier alpha value is -4.57. The zero-order valence-corrected chi connectivity index (χ0v) is 22.6. The highest BCUT2D eigenvalue weighted by molar-refractivity contribution is 6.31. The summed E-state index contributed by atoms with van der Waals surface area (Å²) in [4.78, 5) is 20.1. The van der Waals surface area contributed by atoms with Gasteiger partial charge in [0.1, 0.15) is 11.5 Å². The molecule has 11 heteroatoms. The molecule has 200 valence electrons. The molecular formula is C28H29ClN8O2. The average molecular weight is 545 g/mol. The second-order valence-corrected chi connectivity index (χ2v) is 9.52. The maximum absolute atomic E-state index is 9.53. The number of hydrogen-bond acceptors (Lipinski definition) is 10. The zero-order chi connectivity index (χ0) is 27.4. The zero-order valence-electron chi connectivity index (χ0n) is 21.9. The molecule has 39 heavy (non-hydrogen) atoms. The number of nitrogens with zero attached hydrogens (tertiary/aromatic N) is 5. The van der Waals surface area contributed by atoms with E-state index in [1.54, 1.807) is 31.4 Å². The fraction of sp³-hybridized carbons (Fsp3) is 0.214. The van der Waals surface area contributed by atoms with Gasteiger partial charge in [-0.3, -0.25) is 0 Å². The standard InChI is InChI=1S/C28H29ClN8O2/c1-37(2)28-35-26(34-27(36-28)32-18-6-8-19(38)9-7-18)31-14-4-13-30-25-21-11-5-17(29)15-24(21)33-23-12-10-20(39-3)16-22(23)25/h5-12,15-16,38H,4,13-14H2,1-3H3,(H,30,33)(H2,31,32,34,35,36). The molecule has 0 aliphatic heterocycles. The highest BCUT2D eigenvalue weighted by atomic mass is 35.5. The molecule has 5 rings (SSSR count). The number of hydrogen-bond donors (Lipinski definition) is 4. The molecule has 4 N–H and O–H groups in total. The largest absolute Gasteiger partial charge is 0.508 e. The molecule has 3 aromatic carbocycles. The minimum absolute atomic E-state index is 0.192. The minimum Gasteiger partial charge on any atom is -0.508 e. The Kier molecular flexibility index (Phi) is 7.64. The molecule has 0 saturated carbocycles. The molecule has 5 aromatic rings. The fourth-order valence-electron chi connectivity index (χ4n) is 4.09. The number of halogens is 1. The van der Waals surface area contributed by atoms with E-state index < -0.39 is 0 Å². The molecule has 0 saturated heterocycles. The number of aromatic nitrogens is 4. The van der Waals surface area contributed by atoms with Crippen LogP contribution in [0.25, 0.3) is 21.8 Å². The summed E-state index contributed by atoms with van der Waals surface area (Å²) in [5.41, 5.74) is 3.44. The smallest absolute Gasteiger partial charge is 0.233 e. The predicted molar refractivity (Wildman–Crippen MR) is 158 cm³/mol. The van der Waals surface area contributed by atoms with Crippen molar-refractivity contribution in [3.8, 4) is 11.5 Å². The van der Waals surface area contributed by atoms with Gasteiger partial charge in [-0.25, -0.2) is 4.98 Å². The van der Waals surface area contributed by atoms with Crippen LogP contribution in [0.15, 0.2) is 60.7 Å². The Morgan fingerprint density at radius 3 is 2.36 bits per heavy atom. The lowest BCUT2D eigenvalue weighted by molar-refractivity contribution is 0.415. The SMILES string of the molecule is COc1ccc2nc3cc(Cl)ccc3c(NCCCNc3nc(Nc4ccc(O)cc4)nc(N(C)C)n3)c2c1. The van der Waals surface area contributed by atoms with Crippen molar-refractivity contribution >= 4 is 62.6 Å². The Morgan fingerprint density at radius 2 is 1.59 bits per heavy atom. The summed E-state index contributed by atoms with van der Waals surface area (Å²) in [6.45, 7) is 1.34. The van der Waals surface area contributed by atoms with Crippen LogP contribution >= 0.6 is 11.6 Å². The van der Waals surface area contributed by atoms with Gasteiger partial charge in [-0.2, -0.15) is 15.0 Å². The van der Waals surface area contributed by atoms with Crippen LogP contribution < -0.4 is 25.6 Å². The quantitative estimate of drug-likeness (QED) is 0.0994. The van der Waals surface area contributed by atoms with E-state index in [-0.39, 0.29) is 5.75 Å². The first-order valence-electron chi connectivity index (χ1n) is 12.4. The van der Waals surface area contributed by atoms with Crippen LogP contribution in [0.2, 0.25) is 5.02 Å². The van der Waals surface area contributed by atoms with E-state index in [0.717, 1.165) is 45.4 Å². The molecule has 0 unspecified atom stereocenters. The van der Waals surface area contributed by atoms with E-state index in [0.29, 0.717) is 36.0 Å². The van der Waals surface area contributed by atoms with Crippen molar-refractivity contribution in [2.45, 2.75) is 6.42 Å². The van der Waals surface area contributed by atoms with Gasteiger partial charge in [-0.05, 0) is 67.1 Å². The minimum atomic E-state index is 0.192. The Balaban J connectivity index is 1.29. The van der Waals surface area contributed by atoms with Crippen LogP contribution in [-0.2, 0) is 0 Å². The first-order valence-corrected chi connectivity index (χ1v) is 12.8. The van der Waals surface area contributed by atoms with Crippen molar-refractivity contribution in [2.75, 3.05) is 55.1 Å². The third-order valence-corrected chi connectivity index (χ3v) is 6.26. The summed E-state index contributed by atoms with van der Waals surface area (Å²) in [6, 6.07) is 18.3. The van der Waals surface area contributed by atoms with Crippen LogP contribution in [0.3, 0.4) is 0 Å². The summed E-state index contributed by atoms with van der Waals surface area (Å²) in [5.74, 6) is 2.35. The number of benzene rings is 3. The molecule has 0 radical (unpaired) electrons. The van der Waals surface area contributed by atoms with E-state index >= 15 is 0 Å². The summed E-state index contributed by atoms with van der Waals surface area (Å²) < 4.78 is 5.45. The maximum Gasteiger partial charge on any atom is 0.233 e. The molecule has 0 bridgehead atoms. The lowest BCUT2D eigenvalue weighted by atomic mass is 10.1. The normalized spacial score (nSPS) is 11.0. The number of pyridine rings is 1. The molecule has 0 amide bonds. The van der Waals surface area contributed by atoms with Gasteiger partial charge in [0.25, 0.3) is 0 Å². The van der Waals surface area contributed by atoms with Gasteiger partial charge in [0, 0.05) is 48.7 Å². The van der Waals surface area contributed by atoms with E-state index in [1.807, 2.05) is 55.4 Å². The summed E-state index contributed by atoms with van der Waals surface area (Å²) in [5, 5.41) is 22.2. The second kappa shape index (κ2) is 11.4. The summed E-state index contributed by atoms with van der Waals surface area (Å²) >= 11 is 6.24. The topological polar surface area (TPSA) is 120 Å². The van der Waals surface area contributed by atoms with Gasteiger partial charge in [-0.15, -0.1) is 0 Å². The molecule has 0 aliphatic rings. The average Bonchev–Trinajstić information content (AvgIpc) is 2.93. The first kappa shape index (κ1) is 26.1. The molecular weight excluding hydrogens is 516 g/mol. The molecule has 10 nitrogen and oxygen atoms in total. The van der Waals surface area contributed by atoms with E-state index in [9.17, 15) is 5.11 Å². The Labute approximate surface area is 231 Å². The number of fused-ring (bicyclic) bond motifs is 2. The molecule has 0 spiro atoms. The lowest BCUT2D eigenvalue weighted by Gasteiger charge is -2.15. The van der Waals surface area contributed by atoms with E-state index in [1.165, 1.54) is 0 Å². The predicted octanol–water partition coefficient (Wildman–Crippen LogP) is 5.66. The van der Waals surface area contributed by atoms with Crippen molar-refractivity contribution in [3.63, 3.8) is 0 Å². The Bertz CT molecular complexity index is 1610. The molecule has 2 heterocycles. The van der Waals surface area contributed by atoms with Gasteiger partial charge in [-0.1, -0.05) is 11.6 Å². The number of methoxy groups -OCH3 is 1.